The molecule has 0 spiro atoms. The van der Waals surface area contributed by atoms with E-state index < -0.39 is 4.92 Å². The van der Waals surface area contributed by atoms with Crippen molar-refractivity contribution >= 4 is 17.4 Å². The third kappa shape index (κ3) is 6.16. The van der Waals surface area contributed by atoms with Crippen LogP contribution in [-0.4, -0.2) is 67.3 Å². The summed E-state index contributed by atoms with van der Waals surface area (Å²) in [4.78, 5) is 24.4. The van der Waals surface area contributed by atoms with Crippen molar-refractivity contribution in [2.75, 3.05) is 51.3 Å². The molecule has 0 saturated carbocycles. The number of ether oxygens (including phenoxy) is 1. The lowest BCUT2D eigenvalue weighted by molar-refractivity contribution is -0.384. The van der Waals surface area contributed by atoms with Gasteiger partial charge in [0.1, 0.15) is 0 Å². The molecule has 0 atom stereocenters. The molecule has 0 radical (unpaired) electrons. The highest BCUT2D eigenvalue weighted by atomic mass is 16.6. The molecule has 0 aliphatic carbocycles. The fourth-order valence-corrected chi connectivity index (χ4v) is 2.72. The van der Waals surface area contributed by atoms with Gasteiger partial charge in [-0.05, 0) is 26.0 Å². The van der Waals surface area contributed by atoms with Gasteiger partial charge in [0.2, 0.25) is 0 Å². The first kappa shape index (κ1) is 19.9. The maximum absolute atomic E-state index is 11.9. The van der Waals surface area contributed by atoms with Crippen molar-refractivity contribution in [2.24, 2.45) is 0 Å². The molecular weight excluding hydrogens is 338 g/mol. The molecule has 2 rings (SSSR count). The average molecular weight is 365 g/mol. The quantitative estimate of drug-likeness (QED) is 0.365. The minimum absolute atomic E-state index is 0.0518. The number of nitrogens with one attached hydrogen (secondary N) is 3. The van der Waals surface area contributed by atoms with E-state index in [-0.39, 0.29) is 17.3 Å². The van der Waals surface area contributed by atoms with Gasteiger partial charge in [0.25, 0.3) is 5.69 Å². The monoisotopic (exact) mass is 365 g/mol. The van der Waals surface area contributed by atoms with E-state index in [2.05, 4.69) is 34.7 Å². The molecular formula is C17H27N5O4. The predicted octanol–water partition coefficient (Wildman–Crippen LogP) is 1.42. The molecule has 0 aromatic heterocycles. The van der Waals surface area contributed by atoms with Crippen molar-refractivity contribution in [3.05, 3.63) is 34.4 Å². The highest BCUT2D eigenvalue weighted by Crippen LogP contribution is 2.15. The second-order valence-electron chi connectivity index (χ2n) is 6.75. The maximum atomic E-state index is 11.9. The van der Waals surface area contributed by atoms with E-state index in [1.165, 1.54) is 12.1 Å². The van der Waals surface area contributed by atoms with Crippen LogP contribution < -0.4 is 16.0 Å². The molecule has 9 heteroatoms. The highest BCUT2D eigenvalue weighted by Gasteiger charge is 2.28. The Morgan fingerprint density at radius 3 is 2.46 bits per heavy atom. The van der Waals surface area contributed by atoms with Crippen molar-refractivity contribution in [2.45, 2.75) is 19.4 Å². The summed E-state index contributed by atoms with van der Waals surface area (Å²) in [6.45, 7) is 8.93. The summed E-state index contributed by atoms with van der Waals surface area (Å²) in [5.41, 5.74) is 0.695. The SMILES string of the molecule is CC(C)(CNC(=O)NCCNc1ccc([N+](=O)[O-])cc1)N1CCOCC1. The third-order valence-corrected chi connectivity index (χ3v) is 4.37. The number of non-ortho nitro benzene ring substituents is 1. The smallest absolute Gasteiger partial charge is 0.314 e. The zero-order valence-electron chi connectivity index (χ0n) is 15.3. The number of nitro benzene ring substituents is 1. The molecule has 3 N–H and O–H groups in total. The Bertz CT molecular complexity index is 600. The number of carbonyl (C=O) groups excluding carboxylic acids is 1. The summed E-state index contributed by atoms with van der Waals surface area (Å²) >= 11 is 0. The first-order valence-corrected chi connectivity index (χ1v) is 8.71. The number of amides is 2. The minimum atomic E-state index is -0.436. The van der Waals surface area contributed by atoms with Gasteiger partial charge in [-0.15, -0.1) is 0 Å². The fraction of sp³-hybridized carbons (Fsp3) is 0.588. The van der Waals surface area contributed by atoms with Crippen molar-refractivity contribution in [1.29, 1.82) is 0 Å². The molecule has 1 saturated heterocycles. The molecule has 1 aliphatic heterocycles. The molecule has 1 aromatic rings. The van der Waals surface area contributed by atoms with Crippen molar-refractivity contribution in [3.63, 3.8) is 0 Å². The lowest BCUT2D eigenvalue weighted by atomic mass is 10.0. The molecule has 0 bridgehead atoms. The van der Waals surface area contributed by atoms with Crippen molar-refractivity contribution in [3.8, 4) is 0 Å². The van der Waals surface area contributed by atoms with E-state index in [4.69, 9.17) is 4.74 Å². The van der Waals surface area contributed by atoms with E-state index in [0.717, 1.165) is 32.0 Å². The summed E-state index contributed by atoms with van der Waals surface area (Å²) in [5, 5.41) is 19.4. The number of hydrogen-bond acceptors (Lipinski definition) is 6. The zero-order valence-corrected chi connectivity index (χ0v) is 15.3. The number of nitrogens with zero attached hydrogens (tertiary/aromatic N) is 2. The second-order valence-corrected chi connectivity index (χ2v) is 6.75. The van der Waals surface area contributed by atoms with Crippen LogP contribution >= 0.6 is 0 Å². The summed E-state index contributed by atoms with van der Waals surface area (Å²) < 4.78 is 5.36. The van der Waals surface area contributed by atoms with Crippen LogP contribution in [0, 0.1) is 10.1 Å². The van der Waals surface area contributed by atoms with E-state index in [0.29, 0.717) is 19.6 Å². The molecule has 9 nitrogen and oxygen atoms in total. The molecule has 1 heterocycles. The molecule has 1 fully saturated rings. The Balaban J connectivity index is 1.63. The van der Waals surface area contributed by atoms with Crippen LogP contribution in [0.15, 0.2) is 24.3 Å². The Morgan fingerprint density at radius 1 is 1.19 bits per heavy atom. The van der Waals surface area contributed by atoms with E-state index >= 15 is 0 Å². The number of rotatable bonds is 8. The van der Waals surface area contributed by atoms with Crippen LogP contribution in [0.4, 0.5) is 16.2 Å². The Kier molecular flexibility index (Phi) is 7.16. The van der Waals surface area contributed by atoms with Gasteiger partial charge in [-0.3, -0.25) is 15.0 Å². The van der Waals surface area contributed by atoms with Crippen LogP contribution in [0.3, 0.4) is 0 Å². The standard InChI is InChI=1S/C17H27N5O4/c1-17(2,21-9-11-26-12-10-21)13-20-16(23)19-8-7-18-14-3-5-15(6-4-14)22(24)25/h3-6,18H,7-13H2,1-2H3,(H2,19,20,23). The molecule has 1 aliphatic rings. The molecule has 26 heavy (non-hydrogen) atoms. The minimum Gasteiger partial charge on any atom is -0.383 e. The number of anilines is 1. The largest absolute Gasteiger partial charge is 0.383 e. The summed E-state index contributed by atoms with van der Waals surface area (Å²) in [5.74, 6) is 0. The average Bonchev–Trinajstić information content (AvgIpc) is 2.65. The summed E-state index contributed by atoms with van der Waals surface area (Å²) in [7, 11) is 0. The molecule has 144 valence electrons. The number of carbonyl (C=O) groups is 1. The van der Waals surface area contributed by atoms with Crippen molar-refractivity contribution < 1.29 is 14.5 Å². The summed E-state index contributed by atoms with van der Waals surface area (Å²) in [6, 6.07) is 5.95. The van der Waals surface area contributed by atoms with Gasteiger partial charge in [0, 0.05) is 56.1 Å². The van der Waals surface area contributed by atoms with Gasteiger partial charge >= 0.3 is 6.03 Å². The van der Waals surface area contributed by atoms with Gasteiger partial charge < -0.3 is 20.7 Å². The predicted molar refractivity (Wildman–Crippen MR) is 99.5 cm³/mol. The number of morpholine rings is 1. The van der Waals surface area contributed by atoms with Gasteiger partial charge in [-0.1, -0.05) is 0 Å². The number of nitro groups is 1. The van der Waals surface area contributed by atoms with Gasteiger partial charge in [0.05, 0.1) is 18.1 Å². The van der Waals surface area contributed by atoms with E-state index in [1.807, 2.05) is 0 Å². The van der Waals surface area contributed by atoms with Gasteiger partial charge in [0.15, 0.2) is 0 Å². The molecule has 2 amide bonds. The van der Waals surface area contributed by atoms with Crippen LogP contribution in [0.1, 0.15) is 13.8 Å². The molecule has 1 aromatic carbocycles. The summed E-state index contributed by atoms with van der Waals surface area (Å²) in [6.07, 6.45) is 0. The lowest BCUT2D eigenvalue weighted by Gasteiger charge is -2.40. The third-order valence-electron chi connectivity index (χ3n) is 4.37. The van der Waals surface area contributed by atoms with E-state index in [1.54, 1.807) is 12.1 Å². The van der Waals surface area contributed by atoms with Crippen molar-refractivity contribution in [1.82, 2.24) is 15.5 Å². The topological polar surface area (TPSA) is 109 Å². The normalized spacial score (nSPS) is 15.3. The first-order valence-electron chi connectivity index (χ1n) is 8.71. The van der Waals surface area contributed by atoms with Crippen LogP contribution in [0.2, 0.25) is 0 Å². The van der Waals surface area contributed by atoms with Crippen LogP contribution in [-0.2, 0) is 4.74 Å². The maximum Gasteiger partial charge on any atom is 0.314 e. The first-order chi connectivity index (χ1) is 12.4. The Labute approximate surface area is 153 Å². The highest BCUT2D eigenvalue weighted by molar-refractivity contribution is 5.73. The number of urea groups is 1. The fourth-order valence-electron chi connectivity index (χ4n) is 2.72. The van der Waals surface area contributed by atoms with E-state index in [9.17, 15) is 14.9 Å². The zero-order chi connectivity index (χ0) is 19.0. The second kappa shape index (κ2) is 9.35. The number of benzene rings is 1. The number of hydrogen-bond donors (Lipinski definition) is 3. The molecule has 0 unspecified atom stereocenters. The van der Waals surface area contributed by atoms with Gasteiger partial charge in [-0.25, -0.2) is 4.79 Å². The Hall–Kier alpha value is -2.39. The van der Waals surface area contributed by atoms with Crippen LogP contribution in [0.5, 0.6) is 0 Å². The Morgan fingerprint density at radius 2 is 1.85 bits per heavy atom. The lowest BCUT2D eigenvalue weighted by Crippen LogP contribution is -2.56. The van der Waals surface area contributed by atoms with Gasteiger partial charge in [-0.2, -0.15) is 0 Å². The van der Waals surface area contributed by atoms with Crippen LogP contribution in [0.25, 0.3) is 0 Å².